The van der Waals surface area contributed by atoms with Gasteiger partial charge in [0, 0.05) is 17.9 Å². The molecule has 0 spiro atoms. The Morgan fingerprint density at radius 2 is 2.04 bits per heavy atom. The van der Waals surface area contributed by atoms with E-state index in [9.17, 15) is 14.4 Å². The third-order valence-corrected chi connectivity index (χ3v) is 5.93. The Kier molecular flexibility index (Phi) is 5.92. The molecular weight excluding hydrogens is 386 g/mol. The van der Waals surface area contributed by atoms with Gasteiger partial charge in [-0.25, -0.2) is 4.98 Å². The average molecular weight is 403 g/mol. The van der Waals surface area contributed by atoms with Crippen molar-refractivity contribution >= 4 is 50.9 Å². The van der Waals surface area contributed by atoms with Crippen molar-refractivity contribution in [2.75, 3.05) is 11.1 Å². The van der Waals surface area contributed by atoms with E-state index in [1.165, 1.54) is 23.1 Å². The van der Waals surface area contributed by atoms with Gasteiger partial charge in [0.05, 0.1) is 10.3 Å². The number of carbonyl (C=O) groups is 2. The van der Waals surface area contributed by atoms with E-state index < -0.39 is 5.97 Å². The van der Waals surface area contributed by atoms with E-state index in [4.69, 9.17) is 5.11 Å². The van der Waals surface area contributed by atoms with Crippen LogP contribution in [0.3, 0.4) is 0 Å². The van der Waals surface area contributed by atoms with E-state index in [0.717, 1.165) is 0 Å². The molecule has 0 bridgehead atoms. The van der Waals surface area contributed by atoms with Gasteiger partial charge in [0.1, 0.15) is 4.83 Å². The number of aliphatic carboxylic acids is 1. The number of anilines is 1. The lowest BCUT2D eigenvalue weighted by molar-refractivity contribution is -0.137. The van der Waals surface area contributed by atoms with Gasteiger partial charge in [-0.15, -0.1) is 11.3 Å². The maximum atomic E-state index is 12.6. The van der Waals surface area contributed by atoms with Crippen LogP contribution in [0.4, 0.5) is 5.69 Å². The average Bonchev–Trinajstić information content (AvgIpc) is 2.96. The molecule has 0 atom stereocenters. The zero-order chi connectivity index (χ0) is 19.4. The third kappa shape index (κ3) is 4.55. The quantitative estimate of drug-likeness (QED) is 0.316. The number of carboxylic acid groups (broad SMARTS) is 1. The molecule has 2 aromatic heterocycles. The highest BCUT2D eigenvalue weighted by atomic mass is 32.2. The number of rotatable bonds is 7. The van der Waals surface area contributed by atoms with Crippen LogP contribution in [-0.2, 0) is 4.79 Å². The minimum Gasteiger partial charge on any atom is -0.481 e. The van der Waals surface area contributed by atoms with Crippen LogP contribution in [0.15, 0.2) is 40.3 Å². The number of benzene rings is 1. The molecule has 3 aromatic rings. The monoisotopic (exact) mass is 403 g/mol. The second-order valence-corrected chi connectivity index (χ2v) is 7.86. The summed E-state index contributed by atoms with van der Waals surface area (Å²) in [5.74, 6) is -0.598. The number of para-hydroxylation sites is 1. The summed E-state index contributed by atoms with van der Waals surface area (Å²) in [5.41, 5.74) is 0.976. The number of nitrogens with zero attached hydrogens (tertiary/aromatic N) is 1. The van der Waals surface area contributed by atoms with Crippen molar-refractivity contribution in [3.8, 4) is 0 Å². The highest BCUT2D eigenvalue weighted by molar-refractivity contribution is 7.99. The summed E-state index contributed by atoms with van der Waals surface area (Å²) in [7, 11) is 0. The first-order chi connectivity index (χ1) is 13.0. The van der Waals surface area contributed by atoms with Crippen LogP contribution < -0.4 is 10.9 Å². The van der Waals surface area contributed by atoms with Crippen molar-refractivity contribution in [3.63, 3.8) is 0 Å². The zero-order valence-corrected chi connectivity index (χ0v) is 16.1. The third-order valence-electron chi connectivity index (χ3n) is 3.79. The topological polar surface area (TPSA) is 112 Å². The van der Waals surface area contributed by atoms with E-state index in [1.54, 1.807) is 19.1 Å². The minimum atomic E-state index is -0.851. The number of hydrogen-bond acceptors (Lipinski definition) is 6. The van der Waals surface area contributed by atoms with Crippen molar-refractivity contribution in [3.05, 3.63) is 51.1 Å². The van der Waals surface area contributed by atoms with Crippen LogP contribution in [0.1, 0.15) is 28.1 Å². The van der Waals surface area contributed by atoms with Gasteiger partial charge in [0.2, 0.25) is 0 Å². The van der Waals surface area contributed by atoms with Gasteiger partial charge in [0.25, 0.3) is 11.5 Å². The molecule has 0 aliphatic heterocycles. The standard InChI is InChI=1S/C18H17N3O4S2/c1-10-13-15(24)20-18(26-9-5-8-12(22)23)21-17(13)27-14(10)16(25)19-11-6-3-2-4-7-11/h2-4,6-7H,5,8-9H2,1H3,(H,19,25)(H,22,23)(H,20,21,24). The Labute approximate surface area is 162 Å². The summed E-state index contributed by atoms with van der Waals surface area (Å²) < 4.78 is 0. The smallest absolute Gasteiger partial charge is 0.303 e. The van der Waals surface area contributed by atoms with Crippen molar-refractivity contribution in [2.24, 2.45) is 0 Å². The van der Waals surface area contributed by atoms with Gasteiger partial charge in [-0.3, -0.25) is 14.4 Å². The molecule has 1 aromatic carbocycles. The number of thioether (sulfide) groups is 1. The molecule has 27 heavy (non-hydrogen) atoms. The molecule has 9 heteroatoms. The largest absolute Gasteiger partial charge is 0.481 e. The normalized spacial score (nSPS) is 10.9. The molecule has 3 rings (SSSR count). The summed E-state index contributed by atoms with van der Waals surface area (Å²) in [6, 6.07) is 9.09. The Morgan fingerprint density at radius 1 is 1.30 bits per heavy atom. The SMILES string of the molecule is Cc1c(C(=O)Nc2ccccc2)sc2nc(SCCCC(=O)O)[nH]c(=O)c12. The molecular formula is C18H17N3O4S2. The lowest BCUT2D eigenvalue weighted by atomic mass is 10.2. The Hall–Kier alpha value is -2.65. The number of H-pyrrole nitrogens is 1. The maximum Gasteiger partial charge on any atom is 0.303 e. The zero-order valence-electron chi connectivity index (χ0n) is 14.4. The first-order valence-electron chi connectivity index (χ1n) is 8.20. The van der Waals surface area contributed by atoms with Gasteiger partial charge in [-0.1, -0.05) is 30.0 Å². The Bertz CT molecular complexity index is 1040. The molecule has 0 fully saturated rings. The van der Waals surface area contributed by atoms with Crippen molar-refractivity contribution in [1.29, 1.82) is 0 Å². The van der Waals surface area contributed by atoms with Crippen LogP contribution in [0.5, 0.6) is 0 Å². The summed E-state index contributed by atoms with van der Waals surface area (Å²) in [4.78, 5) is 43.6. The predicted molar refractivity (Wildman–Crippen MR) is 107 cm³/mol. The number of nitrogens with one attached hydrogen (secondary N) is 2. The van der Waals surface area contributed by atoms with Gasteiger partial charge >= 0.3 is 5.97 Å². The first-order valence-corrected chi connectivity index (χ1v) is 10.0. The van der Waals surface area contributed by atoms with Crippen LogP contribution in [0, 0.1) is 6.92 Å². The Balaban J connectivity index is 1.83. The number of aromatic nitrogens is 2. The molecule has 0 radical (unpaired) electrons. The molecule has 0 aliphatic carbocycles. The number of aromatic amines is 1. The van der Waals surface area contributed by atoms with E-state index in [-0.39, 0.29) is 17.9 Å². The Morgan fingerprint density at radius 3 is 2.74 bits per heavy atom. The molecule has 140 valence electrons. The van der Waals surface area contributed by atoms with Gasteiger partial charge in [-0.05, 0) is 31.0 Å². The van der Waals surface area contributed by atoms with Crippen molar-refractivity contribution in [1.82, 2.24) is 9.97 Å². The molecule has 0 unspecified atom stereocenters. The summed E-state index contributed by atoms with van der Waals surface area (Å²) in [5, 5.41) is 12.3. The maximum absolute atomic E-state index is 12.6. The van der Waals surface area contributed by atoms with E-state index >= 15 is 0 Å². The van der Waals surface area contributed by atoms with Gasteiger partial charge in [0.15, 0.2) is 5.16 Å². The second kappa shape index (κ2) is 8.36. The fourth-order valence-corrected chi connectivity index (χ4v) is 4.45. The van der Waals surface area contributed by atoms with Crippen molar-refractivity contribution < 1.29 is 14.7 Å². The lowest BCUT2D eigenvalue weighted by Gasteiger charge is -2.03. The second-order valence-electron chi connectivity index (χ2n) is 5.77. The number of carbonyl (C=O) groups excluding carboxylic acids is 1. The lowest BCUT2D eigenvalue weighted by Crippen LogP contribution is -2.12. The molecule has 0 aliphatic rings. The number of fused-ring (bicyclic) bond motifs is 1. The highest BCUT2D eigenvalue weighted by Crippen LogP contribution is 2.29. The summed E-state index contributed by atoms with van der Waals surface area (Å²) in [6.07, 6.45) is 0.553. The molecule has 3 N–H and O–H groups in total. The van der Waals surface area contributed by atoms with Crippen molar-refractivity contribution in [2.45, 2.75) is 24.9 Å². The number of aryl methyl sites for hydroxylation is 1. The molecule has 1 amide bonds. The number of amides is 1. The van der Waals surface area contributed by atoms with E-state index in [1.807, 2.05) is 18.2 Å². The van der Waals surface area contributed by atoms with Crippen LogP contribution in [0.2, 0.25) is 0 Å². The van der Waals surface area contributed by atoms with Gasteiger partial charge < -0.3 is 15.4 Å². The number of carboxylic acids is 1. The fraction of sp³-hybridized carbons (Fsp3) is 0.222. The van der Waals surface area contributed by atoms with Crippen LogP contribution in [-0.4, -0.2) is 32.7 Å². The molecule has 0 saturated carbocycles. The molecule has 7 nitrogen and oxygen atoms in total. The molecule has 0 saturated heterocycles. The van der Waals surface area contributed by atoms with E-state index in [0.29, 0.717) is 43.7 Å². The summed E-state index contributed by atoms with van der Waals surface area (Å²) in [6.45, 7) is 1.73. The minimum absolute atomic E-state index is 0.0708. The van der Waals surface area contributed by atoms with Crippen LogP contribution >= 0.6 is 23.1 Å². The van der Waals surface area contributed by atoms with Crippen LogP contribution in [0.25, 0.3) is 10.2 Å². The highest BCUT2D eigenvalue weighted by Gasteiger charge is 2.19. The van der Waals surface area contributed by atoms with E-state index in [2.05, 4.69) is 15.3 Å². The predicted octanol–water partition coefficient (Wildman–Crippen LogP) is 3.50. The molecule has 2 heterocycles. The van der Waals surface area contributed by atoms with Gasteiger partial charge in [-0.2, -0.15) is 0 Å². The number of thiophene rings is 1. The fourth-order valence-electron chi connectivity index (χ4n) is 2.51. The number of hydrogen-bond donors (Lipinski definition) is 3. The summed E-state index contributed by atoms with van der Waals surface area (Å²) >= 11 is 2.47. The first kappa shape index (κ1) is 19.1.